The second kappa shape index (κ2) is 4.89. The van der Waals surface area contributed by atoms with Crippen molar-refractivity contribution < 1.29 is 9.90 Å². The molecular weight excluding hydrogens is 192 g/mol. The quantitative estimate of drug-likeness (QED) is 0.772. The van der Waals surface area contributed by atoms with Crippen molar-refractivity contribution in [2.24, 2.45) is 0 Å². The molecule has 0 aliphatic heterocycles. The molecule has 1 atom stereocenters. The standard InChI is InChI=1S/C11H16N2O2/c1-7-4-5-10(9(3)12-7)11(15)13-8(2)6-14/h4-5,8,14H,6H2,1-3H3,(H,13,15)/t8-/m0/s1. The third-order valence-corrected chi connectivity index (χ3v) is 2.12. The number of aromatic nitrogens is 1. The minimum atomic E-state index is -0.238. The van der Waals surface area contributed by atoms with Crippen LogP contribution in [0.5, 0.6) is 0 Å². The summed E-state index contributed by atoms with van der Waals surface area (Å²) >= 11 is 0. The number of pyridine rings is 1. The number of amides is 1. The number of aliphatic hydroxyl groups excluding tert-OH is 1. The third-order valence-electron chi connectivity index (χ3n) is 2.12. The summed E-state index contributed by atoms with van der Waals surface area (Å²) in [5, 5.41) is 11.5. The Kier molecular flexibility index (Phi) is 3.80. The number of aliphatic hydroxyl groups is 1. The number of hydrogen-bond donors (Lipinski definition) is 2. The van der Waals surface area contributed by atoms with Crippen molar-refractivity contribution in [3.05, 3.63) is 29.1 Å². The summed E-state index contributed by atoms with van der Waals surface area (Å²) in [5.74, 6) is -0.193. The number of aryl methyl sites for hydroxylation is 2. The van der Waals surface area contributed by atoms with Crippen LogP contribution < -0.4 is 5.32 Å². The van der Waals surface area contributed by atoms with Gasteiger partial charge >= 0.3 is 0 Å². The molecule has 1 amide bonds. The van der Waals surface area contributed by atoms with Gasteiger partial charge < -0.3 is 10.4 Å². The lowest BCUT2D eigenvalue weighted by atomic mass is 10.1. The van der Waals surface area contributed by atoms with Gasteiger partial charge in [0, 0.05) is 11.7 Å². The van der Waals surface area contributed by atoms with Gasteiger partial charge in [0.15, 0.2) is 0 Å². The third kappa shape index (κ3) is 3.02. The van der Waals surface area contributed by atoms with E-state index in [0.717, 1.165) is 5.69 Å². The summed E-state index contributed by atoms with van der Waals surface area (Å²) in [5.41, 5.74) is 2.15. The lowest BCUT2D eigenvalue weighted by molar-refractivity contribution is 0.0921. The molecule has 0 radical (unpaired) electrons. The highest BCUT2D eigenvalue weighted by molar-refractivity contribution is 5.95. The molecule has 82 valence electrons. The van der Waals surface area contributed by atoms with Crippen LogP contribution in [0.15, 0.2) is 12.1 Å². The SMILES string of the molecule is Cc1ccc(C(=O)N[C@@H](C)CO)c(C)n1. The number of hydrogen-bond acceptors (Lipinski definition) is 3. The van der Waals surface area contributed by atoms with E-state index in [-0.39, 0.29) is 18.6 Å². The molecule has 4 heteroatoms. The molecular formula is C11H16N2O2. The van der Waals surface area contributed by atoms with Gasteiger partial charge in [-0.1, -0.05) is 0 Å². The molecule has 15 heavy (non-hydrogen) atoms. The summed E-state index contributed by atoms with van der Waals surface area (Å²) in [6, 6.07) is 3.31. The number of nitrogens with zero attached hydrogens (tertiary/aromatic N) is 1. The molecule has 0 saturated heterocycles. The van der Waals surface area contributed by atoms with E-state index in [9.17, 15) is 4.79 Å². The maximum absolute atomic E-state index is 11.7. The smallest absolute Gasteiger partial charge is 0.253 e. The van der Waals surface area contributed by atoms with Crippen molar-refractivity contribution >= 4 is 5.91 Å². The summed E-state index contributed by atoms with van der Waals surface area (Å²) in [7, 11) is 0. The molecule has 4 nitrogen and oxygen atoms in total. The predicted octanol–water partition coefficient (Wildman–Crippen LogP) is 0.809. The van der Waals surface area contributed by atoms with Crippen molar-refractivity contribution in [2.75, 3.05) is 6.61 Å². The first-order valence-corrected chi connectivity index (χ1v) is 4.90. The molecule has 1 aromatic rings. The van der Waals surface area contributed by atoms with E-state index in [1.54, 1.807) is 26.0 Å². The van der Waals surface area contributed by atoms with Gasteiger partial charge in [0.05, 0.1) is 17.9 Å². The fourth-order valence-corrected chi connectivity index (χ4v) is 1.27. The second-order valence-corrected chi connectivity index (χ2v) is 3.64. The monoisotopic (exact) mass is 208 g/mol. The van der Waals surface area contributed by atoms with Crippen molar-refractivity contribution in [1.82, 2.24) is 10.3 Å². The summed E-state index contributed by atoms with van der Waals surface area (Å²) in [6.45, 7) is 5.36. The molecule has 0 unspecified atom stereocenters. The van der Waals surface area contributed by atoms with Crippen LogP contribution in [-0.4, -0.2) is 28.6 Å². The van der Waals surface area contributed by atoms with Crippen molar-refractivity contribution in [2.45, 2.75) is 26.8 Å². The van der Waals surface area contributed by atoms with Crippen LogP contribution in [-0.2, 0) is 0 Å². The van der Waals surface area contributed by atoms with Crippen molar-refractivity contribution in [3.8, 4) is 0 Å². The number of nitrogens with one attached hydrogen (secondary N) is 1. The van der Waals surface area contributed by atoms with E-state index in [4.69, 9.17) is 5.11 Å². The Morgan fingerprint density at radius 1 is 1.53 bits per heavy atom. The Morgan fingerprint density at radius 3 is 2.73 bits per heavy atom. The molecule has 1 heterocycles. The minimum Gasteiger partial charge on any atom is -0.394 e. The maximum Gasteiger partial charge on any atom is 0.253 e. The lowest BCUT2D eigenvalue weighted by Gasteiger charge is -2.11. The average Bonchev–Trinajstić information content (AvgIpc) is 2.17. The van der Waals surface area contributed by atoms with E-state index in [1.807, 2.05) is 6.92 Å². The molecule has 0 saturated carbocycles. The van der Waals surface area contributed by atoms with Crippen LogP contribution in [0.1, 0.15) is 28.7 Å². The van der Waals surface area contributed by atoms with E-state index in [0.29, 0.717) is 11.3 Å². The highest BCUT2D eigenvalue weighted by atomic mass is 16.3. The van der Waals surface area contributed by atoms with Gasteiger partial charge in [0.1, 0.15) is 0 Å². The molecule has 1 aromatic heterocycles. The summed E-state index contributed by atoms with van der Waals surface area (Å²) in [6.07, 6.45) is 0. The Labute approximate surface area is 89.3 Å². The molecule has 1 rings (SSSR count). The first-order valence-electron chi connectivity index (χ1n) is 4.90. The minimum absolute atomic E-state index is 0.0654. The van der Waals surface area contributed by atoms with Gasteiger partial charge in [0.2, 0.25) is 0 Å². The highest BCUT2D eigenvalue weighted by Gasteiger charge is 2.11. The van der Waals surface area contributed by atoms with Crippen LogP contribution >= 0.6 is 0 Å². The Balaban J connectivity index is 2.82. The Bertz CT molecular complexity index is 364. The molecule has 0 bridgehead atoms. The van der Waals surface area contributed by atoms with Gasteiger partial charge in [0.25, 0.3) is 5.91 Å². The van der Waals surface area contributed by atoms with Crippen LogP contribution in [0.2, 0.25) is 0 Å². The Hall–Kier alpha value is -1.42. The normalized spacial score (nSPS) is 12.3. The van der Waals surface area contributed by atoms with E-state index < -0.39 is 0 Å². The van der Waals surface area contributed by atoms with Crippen molar-refractivity contribution in [1.29, 1.82) is 0 Å². The fraction of sp³-hybridized carbons (Fsp3) is 0.455. The van der Waals surface area contributed by atoms with Crippen LogP contribution in [0, 0.1) is 13.8 Å². The van der Waals surface area contributed by atoms with E-state index >= 15 is 0 Å². The van der Waals surface area contributed by atoms with Crippen LogP contribution in [0.4, 0.5) is 0 Å². The molecule has 0 fully saturated rings. The van der Waals surface area contributed by atoms with Gasteiger partial charge in [-0.3, -0.25) is 9.78 Å². The highest BCUT2D eigenvalue weighted by Crippen LogP contribution is 2.06. The van der Waals surface area contributed by atoms with Crippen LogP contribution in [0.3, 0.4) is 0 Å². The zero-order valence-corrected chi connectivity index (χ0v) is 9.24. The molecule has 0 spiro atoms. The van der Waals surface area contributed by atoms with Gasteiger partial charge in [-0.15, -0.1) is 0 Å². The molecule has 2 N–H and O–H groups in total. The number of carbonyl (C=O) groups excluding carboxylic acids is 1. The first-order chi connectivity index (χ1) is 7.04. The van der Waals surface area contributed by atoms with E-state index in [2.05, 4.69) is 10.3 Å². The topological polar surface area (TPSA) is 62.2 Å². The number of carbonyl (C=O) groups is 1. The van der Waals surface area contributed by atoms with Gasteiger partial charge in [-0.05, 0) is 32.9 Å². The molecule has 0 aliphatic rings. The Morgan fingerprint density at radius 2 is 2.20 bits per heavy atom. The molecule has 0 aliphatic carbocycles. The van der Waals surface area contributed by atoms with Gasteiger partial charge in [-0.2, -0.15) is 0 Å². The number of rotatable bonds is 3. The zero-order chi connectivity index (χ0) is 11.4. The second-order valence-electron chi connectivity index (χ2n) is 3.64. The maximum atomic E-state index is 11.7. The fourth-order valence-electron chi connectivity index (χ4n) is 1.27. The van der Waals surface area contributed by atoms with Gasteiger partial charge in [-0.25, -0.2) is 0 Å². The lowest BCUT2D eigenvalue weighted by Crippen LogP contribution is -2.35. The predicted molar refractivity (Wildman–Crippen MR) is 57.7 cm³/mol. The summed E-state index contributed by atoms with van der Waals surface area (Å²) < 4.78 is 0. The van der Waals surface area contributed by atoms with Crippen molar-refractivity contribution in [3.63, 3.8) is 0 Å². The summed E-state index contributed by atoms with van der Waals surface area (Å²) in [4.78, 5) is 15.9. The van der Waals surface area contributed by atoms with E-state index in [1.165, 1.54) is 0 Å². The average molecular weight is 208 g/mol. The zero-order valence-electron chi connectivity index (χ0n) is 9.24. The van der Waals surface area contributed by atoms with Crippen LogP contribution in [0.25, 0.3) is 0 Å². The first kappa shape index (κ1) is 11.7. The largest absolute Gasteiger partial charge is 0.394 e. The molecule has 0 aromatic carbocycles.